The fourth-order valence-electron chi connectivity index (χ4n) is 1.05. The number of likely N-dealkylation sites (N-methyl/N-ethyl adjacent to an activating group) is 1. The molecule has 1 aromatic heterocycles. The van der Waals surface area contributed by atoms with Gasteiger partial charge in [0.25, 0.3) is 0 Å². The molecule has 88 valence electrons. The topological polar surface area (TPSA) is 75.4 Å². The molecule has 1 aromatic rings. The standard InChI is InChI=1S/C10H15N3O2S/c1-13(2)9(14)5-12-4-8-3-7(6-16-8)10(11)15/h3,6,12H,4-5H2,1-2H3,(H2,11,15). The van der Waals surface area contributed by atoms with E-state index >= 15 is 0 Å². The molecule has 16 heavy (non-hydrogen) atoms. The molecule has 0 aliphatic heterocycles. The van der Waals surface area contributed by atoms with Gasteiger partial charge in [-0.05, 0) is 6.07 Å². The lowest BCUT2D eigenvalue weighted by Gasteiger charge is -2.10. The lowest BCUT2D eigenvalue weighted by atomic mass is 10.3. The first-order valence-corrected chi connectivity index (χ1v) is 5.66. The van der Waals surface area contributed by atoms with Crippen LogP contribution in [0.3, 0.4) is 0 Å². The number of amides is 2. The quantitative estimate of drug-likeness (QED) is 0.763. The Bertz CT molecular complexity index is 387. The highest BCUT2D eigenvalue weighted by atomic mass is 32.1. The average molecular weight is 241 g/mol. The van der Waals surface area contributed by atoms with Crippen molar-refractivity contribution in [3.8, 4) is 0 Å². The van der Waals surface area contributed by atoms with Gasteiger partial charge >= 0.3 is 0 Å². The minimum Gasteiger partial charge on any atom is -0.366 e. The fraction of sp³-hybridized carbons (Fsp3) is 0.400. The Morgan fingerprint density at radius 2 is 2.19 bits per heavy atom. The lowest BCUT2D eigenvalue weighted by Crippen LogP contribution is -2.32. The van der Waals surface area contributed by atoms with Gasteiger partial charge in [-0.25, -0.2) is 0 Å². The number of carbonyl (C=O) groups excluding carboxylic acids is 2. The monoisotopic (exact) mass is 241 g/mol. The van der Waals surface area contributed by atoms with E-state index in [1.807, 2.05) is 0 Å². The van der Waals surface area contributed by atoms with Gasteiger partial charge in [0.05, 0.1) is 12.1 Å². The van der Waals surface area contributed by atoms with Gasteiger partial charge in [0.15, 0.2) is 0 Å². The van der Waals surface area contributed by atoms with Crippen molar-refractivity contribution in [3.05, 3.63) is 21.9 Å². The highest BCUT2D eigenvalue weighted by Gasteiger charge is 2.06. The molecule has 0 aliphatic rings. The summed E-state index contributed by atoms with van der Waals surface area (Å²) in [6.07, 6.45) is 0. The summed E-state index contributed by atoms with van der Waals surface area (Å²) in [6.45, 7) is 0.855. The van der Waals surface area contributed by atoms with Crippen molar-refractivity contribution in [1.82, 2.24) is 10.2 Å². The first-order chi connectivity index (χ1) is 7.50. The molecule has 0 atom stereocenters. The minimum absolute atomic E-state index is 0.0201. The number of hydrogen-bond acceptors (Lipinski definition) is 4. The largest absolute Gasteiger partial charge is 0.366 e. The molecule has 6 heteroatoms. The summed E-state index contributed by atoms with van der Waals surface area (Å²) >= 11 is 1.45. The Morgan fingerprint density at radius 1 is 1.50 bits per heavy atom. The highest BCUT2D eigenvalue weighted by molar-refractivity contribution is 7.10. The summed E-state index contributed by atoms with van der Waals surface area (Å²) in [5.41, 5.74) is 5.64. The number of nitrogens with one attached hydrogen (secondary N) is 1. The van der Waals surface area contributed by atoms with Crippen molar-refractivity contribution in [1.29, 1.82) is 0 Å². The van der Waals surface area contributed by atoms with Crippen molar-refractivity contribution in [2.45, 2.75) is 6.54 Å². The number of hydrogen-bond donors (Lipinski definition) is 2. The maximum Gasteiger partial charge on any atom is 0.249 e. The number of nitrogens with zero attached hydrogens (tertiary/aromatic N) is 1. The molecular formula is C10H15N3O2S. The van der Waals surface area contributed by atoms with E-state index in [9.17, 15) is 9.59 Å². The van der Waals surface area contributed by atoms with E-state index < -0.39 is 5.91 Å². The van der Waals surface area contributed by atoms with Crippen LogP contribution >= 0.6 is 11.3 Å². The number of carbonyl (C=O) groups is 2. The lowest BCUT2D eigenvalue weighted by molar-refractivity contribution is -0.127. The predicted molar refractivity (Wildman–Crippen MR) is 63.2 cm³/mol. The summed E-state index contributed by atoms with van der Waals surface area (Å²) in [6, 6.07) is 1.74. The van der Waals surface area contributed by atoms with Crippen molar-refractivity contribution in [2.75, 3.05) is 20.6 Å². The van der Waals surface area contributed by atoms with Crippen LogP contribution in [0.1, 0.15) is 15.2 Å². The summed E-state index contributed by atoms with van der Waals surface area (Å²) in [7, 11) is 3.42. The van der Waals surface area contributed by atoms with E-state index in [1.54, 1.807) is 25.5 Å². The number of primary amides is 1. The van der Waals surface area contributed by atoms with Crippen LogP contribution in [-0.4, -0.2) is 37.4 Å². The van der Waals surface area contributed by atoms with Crippen molar-refractivity contribution in [2.24, 2.45) is 5.73 Å². The summed E-state index contributed by atoms with van der Waals surface area (Å²) in [4.78, 5) is 24.6. The van der Waals surface area contributed by atoms with E-state index in [4.69, 9.17) is 5.73 Å². The predicted octanol–water partition coefficient (Wildman–Crippen LogP) is 0.0248. The molecule has 5 nitrogen and oxygen atoms in total. The Hall–Kier alpha value is -1.40. The Kier molecular flexibility index (Phi) is 4.45. The molecule has 0 bridgehead atoms. The zero-order valence-corrected chi connectivity index (χ0v) is 10.1. The van der Waals surface area contributed by atoms with Gasteiger partial charge < -0.3 is 16.0 Å². The molecule has 2 amide bonds. The van der Waals surface area contributed by atoms with E-state index in [2.05, 4.69) is 5.32 Å². The van der Waals surface area contributed by atoms with Gasteiger partial charge in [0.2, 0.25) is 11.8 Å². The van der Waals surface area contributed by atoms with Crippen LogP contribution in [0.4, 0.5) is 0 Å². The van der Waals surface area contributed by atoms with Gasteiger partial charge in [-0.3, -0.25) is 9.59 Å². The van der Waals surface area contributed by atoms with Gasteiger partial charge in [0, 0.05) is 30.9 Å². The fourth-order valence-corrected chi connectivity index (χ4v) is 1.90. The zero-order chi connectivity index (χ0) is 12.1. The summed E-state index contributed by atoms with van der Waals surface area (Å²) in [5, 5.41) is 4.72. The second kappa shape index (κ2) is 5.62. The smallest absolute Gasteiger partial charge is 0.249 e. The third kappa shape index (κ3) is 3.63. The maximum atomic E-state index is 11.2. The molecular weight excluding hydrogens is 226 g/mol. The molecule has 0 saturated carbocycles. The van der Waals surface area contributed by atoms with Crippen LogP contribution in [0.5, 0.6) is 0 Å². The van der Waals surface area contributed by atoms with Crippen molar-refractivity contribution in [3.63, 3.8) is 0 Å². The van der Waals surface area contributed by atoms with Crippen LogP contribution in [0.25, 0.3) is 0 Å². The molecule has 0 aliphatic carbocycles. The number of thiophene rings is 1. The van der Waals surface area contributed by atoms with E-state index in [0.29, 0.717) is 12.1 Å². The Labute approximate surface area is 98.2 Å². The van der Waals surface area contributed by atoms with Gasteiger partial charge in [-0.2, -0.15) is 0 Å². The van der Waals surface area contributed by atoms with Crippen LogP contribution in [0, 0.1) is 0 Å². The first kappa shape index (κ1) is 12.7. The molecule has 0 saturated heterocycles. The minimum atomic E-state index is -0.424. The van der Waals surface area contributed by atoms with Crippen LogP contribution in [-0.2, 0) is 11.3 Å². The van der Waals surface area contributed by atoms with E-state index in [1.165, 1.54) is 16.2 Å². The van der Waals surface area contributed by atoms with Crippen LogP contribution in [0.2, 0.25) is 0 Å². The molecule has 3 N–H and O–H groups in total. The van der Waals surface area contributed by atoms with Gasteiger partial charge in [-0.15, -0.1) is 11.3 Å². The Morgan fingerprint density at radius 3 is 2.69 bits per heavy atom. The van der Waals surface area contributed by atoms with E-state index in [-0.39, 0.29) is 12.5 Å². The third-order valence-corrected chi connectivity index (χ3v) is 2.95. The first-order valence-electron chi connectivity index (χ1n) is 4.79. The van der Waals surface area contributed by atoms with Crippen molar-refractivity contribution >= 4 is 23.2 Å². The second-order valence-corrected chi connectivity index (χ2v) is 4.55. The van der Waals surface area contributed by atoms with Gasteiger partial charge in [0.1, 0.15) is 0 Å². The number of nitrogens with two attached hydrogens (primary N) is 1. The molecule has 1 heterocycles. The second-order valence-electron chi connectivity index (χ2n) is 3.56. The zero-order valence-electron chi connectivity index (χ0n) is 9.32. The molecule has 0 spiro atoms. The normalized spacial score (nSPS) is 10.1. The van der Waals surface area contributed by atoms with Crippen molar-refractivity contribution < 1.29 is 9.59 Å². The molecule has 0 unspecified atom stereocenters. The molecule has 1 rings (SSSR count). The molecule has 0 aromatic carbocycles. The highest BCUT2D eigenvalue weighted by Crippen LogP contribution is 2.13. The summed E-state index contributed by atoms with van der Waals surface area (Å²) in [5.74, 6) is -0.404. The maximum absolute atomic E-state index is 11.2. The van der Waals surface area contributed by atoms with Crippen LogP contribution in [0.15, 0.2) is 11.4 Å². The summed E-state index contributed by atoms with van der Waals surface area (Å²) < 4.78 is 0. The number of rotatable bonds is 5. The average Bonchev–Trinajstić information content (AvgIpc) is 2.66. The van der Waals surface area contributed by atoms with E-state index in [0.717, 1.165) is 4.88 Å². The van der Waals surface area contributed by atoms with Gasteiger partial charge in [-0.1, -0.05) is 0 Å². The Balaban J connectivity index is 2.37. The third-order valence-electron chi connectivity index (χ3n) is 2.01. The molecule has 0 radical (unpaired) electrons. The van der Waals surface area contributed by atoms with Crippen LogP contribution < -0.4 is 11.1 Å². The molecule has 0 fully saturated rings. The SMILES string of the molecule is CN(C)C(=O)CNCc1cc(C(N)=O)cs1.